The first kappa shape index (κ1) is 15.0. The van der Waals surface area contributed by atoms with Crippen LogP contribution in [0.5, 0.6) is 0 Å². The third-order valence-electron chi connectivity index (χ3n) is 3.24. The smallest absolute Gasteiger partial charge is 0.0378 e. The molecule has 18 heavy (non-hydrogen) atoms. The lowest BCUT2D eigenvalue weighted by atomic mass is 9.95. The van der Waals surface area contributed by atoms with Crippen molar-refractivity contribution in [1.82, 2.24) is 4.90 Å². The summed E-state index contributed by atoms with van der Waals surface area (Å²) in [6, 6.07) is 6.85. The van der Waals surface area contributed by atoms with Crippen molar-refractivity contribution in [2.75, 3.05) is 32.5 Å². The lowest BCUT2D eigenvalue weighted by Crippen LogP contribution is -2.21. The third kappa shape index (κ3) is 4.34. The largest absolute Gasteiger partial charge is 0.384 e. The molecule has 1 rings (SSSR count). The fraction of sp³-hybridized carbons (Fsp3) is 0.625. The maximum Gasteiger partial charge on any atom is 0.0378 e. The highest BCUT2D eigenvalue weighted by molar-refractivity contribution is 5.55. The van der Waals surface area contributed by atoms with Crippen molar-refractivity contribution in [1.29, 1.82) is 0 Å². The normalized spacial score (nSPS) is 11.6. The molecule has 1 aromatic carbocycles. The lowest BCUT2D eigenvalue weighted by Gasteiger charge is -2.18. The van der Waals surface area contributed by atoms with Crippen LogP contribution in [0.1, 0.15) is 50.7 Å². The van der Waals surface area contributed by atoms with E-state index in [4.69, 9.17) is 0 Å². The van der Waals surface area contributed by atoms with Gasteiger partial charge in [-0.1, -0.05) is 39.8 Å². The summed E-state index contributed by atoms with van der Waals surface area (Å²) in [4.78, 5) is 2.20. The van der Waals surface area contributed by atoms with E-state index in [-0.39, 0.29) is 0 Å². The Morgan fingerprint density at radius 3 is 2.22 bits per heavy atom. The van der Waals surface area contributed by atoms with Crippen molar-refractivity contribution in [2.45, 2.75) is 39.5 Å². The summed E-state index contributed by atoms with van der Waals surface area (Å²) in [5.41, 5.74) is 4.13. The van der Waals surface area contributed by atoms with Gasteiger partial charge in [-0.2, -0.15) is 0 Å². The molecular formula is C16H28N2. The lowest BCUT2D eigenvalue weighted by molar-refractivity contribution is 0.425. The first-order valence-corrected chi connectivity index (χ1v) is 6.94. The number of rotatable bonds is 6. The average Bonchev–Trinajstić information content (AvgIpc) is 2.27. The number of hydrogen-bond donors (Lipinski definition) is 1. The zero-order chi connectivity index (χ0) is 13.7. The molecule has 2 nitrogen and oxygen atoms in total. The number of benzene rings is 1. The molecule has 1 aromatic rings. The molecule has 0 aliphatic carbocycles. The molecule has 0 saturated heterocycles. The van der Waals surface area contributed by atoms with Gasteiger partial charge in [-0.05, 0) is 43.1 Å². The van der Waals surface area contributed by atoms with E-state index in [0.29, 0.717) is 11.8 Å². The standard InChI is InChI=1S/C16H28N2/c1-12(2)14-7-8-15(13(3)4)16(11-14)17-9-10-18(5)6/h7-8,11-13,17H,9-10H2,1-6H3. The van der Waals surface area contributed by atoms with Gasteiger partial charge in [0.2, 0.25) is 0 Å². The number of nitrogens with one attached hydrogen (secondary N) is 1. The van der Waals surface area contributed by atoms with Gasteiger partial charge in [0.15, 0.2) is 0 Å². The summed E-state index contributed by atoms with van der Waals surface area (Å²) >= 11 is 0. The Balaban J connectivity index is 2.86. The molecule has 0 bridgehead atoms. The molecule has 0 aliphatic rings. The third-order valence-corrected chi connectivity index (χ3v) is 3.24. The van der Waals surface area contributed by atoms with Crippen molar-refractivity contribution in [3.8, 4) is 0 Å². The number of likely N-dealkylation sites (N-methyl/N-ethyl adjacent to an activating group) is 1. The number of hydrogen-bond acceptors (Lipinski definition) is 2. The molecule has 0 atom stereocenters. The fourth-order valence-corrected chi connectivity index (χ4v) is 2.00. The highest BCUT2D eigenvalue weighted by Gasteiger charge is 2.09. The second-order valence-electron chi connectivity index (χ2n) is 5.89. The second-order valence-corrected chi connectivity index (χ2v) is 5.89. The monoisotopic (exact) mass is 248 g/mol. The van der Waals surface area contributed by atoms with Gasteiger partial charge in [0.1, 0.15) is 0 Å². The van der Waals surface area contributed by atoms with Gasteiger partial charge in [0, 0.05) is 18.8 Å². The van der Waals surface area contributed by atoms with Crippen LogP contribution in [0, 0.1) is 0 Å². The van der Waals surface area contributed by atoms with Crippen LogP contribution in [0.4, 0.5) is 5.69 Å². The van der Waals surface area contributed by atoms with Crippen LogP contribution in [0.3, 0.4) is 0 Å². The van der Waals surface area contributed by atoms with Crippen LogP contribution < -0.4 is 5.32 Å². The maximum atomic E-state index is 3.58. The Bertz CT molecular complexity index is 367. The average molecular weight is 248 g/mol. The second kappa shape index (κ2) is 6.79. The van der Waals surface area contributed by atoms with Crippen LogP contribution in [0.25, 0.3) is 0 Å². The van der Waals surface area contributed by atoms with Crippen molar-refractivity contribution in [3.05, 3.63) is 29.3 Å². The molecule has 1 N–H and O–H groups in total. The summed E-state index contributed by atoms with van der Waals surface area (Å²) < 4.78 is 0. The Labute approximate surface area is 112 Å². The predicted octanol–water partition coefficient (Wildman–Crippen LogP) is 3.91. The SMILES string of the molecule is CC(C)c1ccc(C(C)C)c(NCCN(C)C)c1. The first-order chi connectivity index (χ1) is 8.41. The van der Waals surface area contributed by atoms with Gasteiger partial charge in [0.05, 0.1) is 0 Å². The number of anilines is 1. The molecule has 0 unspecified atom stereocenters. The molecule has 0 fully saturated rings. The minimum Gasteiger partial charge on any atom is -0.384 e. The Morgan fingerprint density at radius 2 is 1.72 bits per heavy atom. The van der Waals surface area contributed by atoms with Crippen molar-refractivity contribution in [3.63, 3.8) is 0 Å². The van der Waals surface area contributed by atoms with Crippen molar-refractivity contribution in [2.24, 2.45) is 0 Å². The molecule has 0 heterocycles. The van der Waals surface area contributed by atoms with E-state index in [1.165, 1.54) is 16.8 Å². The van der Waals surface area contributed by atoms with Crippen LogP contribution in [0.2, 0.25) is 0 Å². The van der Waals surface area contributed by atoms with Gasteiger partial charge in [-0.25, -0.2) is 0 Å². The molecule has 2 heteroatoms. The van der Waals surface area contributed by atoms with Gasteiger partial charge >= 0.3 is 0 Å². The number of nitrogens with zero attached hydrogens (tertiary/aromatic N) is 1. The van der Waals surface area contributed by atoms with Gasteiger partial charge in [0.25, 0.3) is 0 Å². The molecule has 0 radical (unpaired) electrons. The highest BCUT2D eigenvalue weighted by Crippen LogP contribution is 2.28. The molecule has 0 spiro atoms. The molecule has 0 aliphatic heterocycles. The summed E-state index contributed by atoms with van der Waals surface area (Å²) in [7, 11) is 4.21. The van der Waals surface area contributed by atoms with E-state index >= 15 is 0 Å². The van der Waals surface area contributed by atoms with Gasteiger partial charge < -0.3 is 10.2 Å². The summed E-state index contributed by atoms with van der Waals surface area (Å²) in [5.74, 6) is 1.15. The Hall–Kier alpha value is -1.02. The van der Waals surface area contributed by atoms with Crippen LogP contribution in [-0.4, -0.2) is 32.1 Å². The van der Waals surface area contributed by atoms with E-state index in [9.17, 15) is 0 Å². The van der Waals surface area contributed by atoms with E-state index < -0.39 is 0 Å². The van der Waals surface area contributed by atoms with Crippen LogP contribution >= 0.6 is 0 Å². The minimum absolute atomic E-state index is 0.563. The molecular weight excluding hydrogens is 220 g/mol. The van der Waals surface area contributed by atoms with Crippen LogP contribution in [0.15, 0.2) is 18.2 Å². The quantitative estimate of drug-likeness (QED) is 0.821. The Morgan fingerprint density at radius 1 is 1.06 bits per heavy atom. The van der Waals surface area contributed by atoms with E-state index in [1.54, 1.807) is 0 Å². The predicted molar refractivity (Wildman–Crippen MR) is 81.7 cm³/mol. The topological polar surface area (TPSA) is 15.3 Å². The van der Waals surface area contributed by atoms with Gasteiger partial charge in [-0.15, -0.1) is 0 Å². The van der Waals surface area contributed by atoms with Gasteiger partial charge in [-0.3, -0.25) is 0 Å². The van der Waals surface area contributed by atoms with Crippen LogP contribution in [-0.2, 0) is 0 Å². The molecule has 0 saturated carbocycles. The maximum absolute atomic E-state index is 3.58. The minimum atomic E-state index is 0.563. The van der Waals surface area contributed by atoms with Crippen molar-refractivity contribution >= 4 is 5.69 Å². The molecule has 0 amide bonds. The molecule has 0 aromatic heterocycles. The van der Waals surface area contributed by atoms with E-state index in [2.05, 4.69) is 70.2 Å². The fourth-order valence-electron chi connectivity index (χ4n) is 2.00. The zero-order valence-electron chi connectivity index (χ0n) is 12.7. The highest BCUT2D eigenvalue weighted by atomic mass is 15.1. The summed E-state index contributed by atoms with van der Waals surface area (Å²) in [6.07, 6.45) is 0. The zero-order valence-corrected chi connectivity index (χ0v) is 12.7. The first-order valence-electron chi connectivity index (χ1n) is 6.94. The summed E-state index contributed by atoms with van der Waals surface area (Å²) in [5, 5.41) is 3.58. The summed E-state index contributed by atoms with van der Waals surface area (Å²) in [6.45, 7) is 11.0. The van der Waals surface area contributed by atoms with Crippen molar-refractivity contribution < 1.29 is 0 Å². The van der Waals surface area contributed by atoms with E-state index in [0.717, 1.165) is 13.1 Å². The Kier molecular flexibility index (Phi) is 5.67. The molecule has 102 valence electrons. The van der Waals surface area contributed by atoms with E-state index in [1.807, 2.05) is 0 Å².